The lowest BCUT2D eigenvalue weighted by atomic mass is 9.79. The Morgan fingerprint density at radius 3 is 2.52 bits per heavy atom. The van der Waals surface area contributed by atoms with Crippen LogP contribution in [0.3, 0.4) is 0 Å². The first-order chi connectivity index (χ1) is 10.0. The zero-order valence-electron chi connectivity index (χ0n) is 11.5. The molecule has 2 aliphatic rings. The summed E-state index contributed by atoms with van der Waals surface area (Å²) in [4.78, 5) is 26.5. The number of nitrogens with zero attached hydrogens (tertiary/aromatic N) is 1. The van der Waals surface area contributed by atoms with Crippen molar-refractivity contribution in [2.24, 2.45) is 0 Å². The summed E-state index contributed by atoms with van der Waals surface area (Å²) in [6.45, 7) is -0.0132. The van der Waals surface area contributed by atoms with Crippen LogP contribution in [0, 0.1) is 0 Å². The predicted octanol–water partition coefficient (Wildman–Crippen LogP) is 3.16. The fourth-order valence-electron chi connectivity index (χ4n) is 3.22. The van der Waals surface area contributed by atoms with Gasteiger partial charge >= 0.3 is 0 Å². The van der Waals surface area contributed by atoms with E-state index in [-0.39, 0.29) is 18.4 Å². The van der Waals surface area contributed by atoms with E-state index < -0.39 is 5.54 Å². The molecule has 0 radical (unpaired) electrons. The fraction of sp³-hybridized carbons (Fsp3) is 0.467. The van der Waals surface area contributed by atoms with Crippen LogP contribution in [0.25, 0.3) is 0 Å². The second-order valence-electron chi connectivity index (χ2n) is 5.68. The van der Waals surface area contributed by atoms with E-state index in [1.54, 1.807) is 18.2 Å². The standard InChI is InChI=1S/C15H16Cl2N2O2/c16-10-4-5-11(17)12(8-10)19-9-13(20)18-15(14(19)21)6-2-1-3-7-15/h4-5,8H,1-3,6-7,9H2,(H,18,20). The van der Waals surface area contributed by atoms with Gasteiger partial charge in [-0.15, -0.1) is 0 Å². The Morgan fingerprint density at radius 2 is 1.81 bits per heavy atom. The van der Waals surface area contributed by atoms with E-state index in [9.17, 15) is 9.59 Å². The van der Waals surface area contributed by atoms with Gasteiger partial charge in [-0.1, -0.05) is 42.5 Å². The van der Waals surface area contributed by atoms with Crippen molar-refractivity contribution in [3.63, 3.8) is 0 Å². The number of anilines is 1. The van der Waals surface area contributed by atoms with Crippen LogP contribution in [-0.2, 0) is 9.59 Å². The molecule has 0 aromatic heterocycles. The minimum Gasteiger partial charge on any atom is -0.340 e. The molecule has 1 aliphatic heterocycles. The van der Waals surface area contributed by atoms with E-state index in [0.29, 0.717) is 28.6 Å². The quantitative estimate of drug-likeness (QED) is 0.861. The van der Waals surface area contributed by atoms with Crippen molar-refractivity contribution in [1.82, 2.24) is 5.32 Å². The third kappa shape index (κ3) is 2.62. The van der Waals surface area contributed by atoms with Crippen LogP contribution in [-0.4, -0.2) is 23.9 Å². The molecule has 21 heavy (non-hydrogen) atoms. The lowest BCUT2D eigenvalue weighted by molar-refractivity contribution is -0.137. The van der Waals surface area contributed by atoms with Crippen molar-refractivity contribution in [3.05, 3.63) is 28.2 Å². The molecular formula is C15H16Cl2N2O2. The Labute approximate surface area is 133 Å². The number of hydrogen-bond donors (Lipinski definition) is 1. The zero-order valence-corrected chi connectivity index (χ0v) is 13.0. The molecule has 2 amide bonds. The zero-order chi connectivity index (χ0) is 15.0. The van der Waals surface area contributed by atoms with Crippen molar-refractivity contribution in [3.8, 4) is 0 Å². The minimum absolute atomic E-state index is 0.0132. The maximum Gasteiger partial charge on any atom is 0.253 e. The van der Waals surface area contributed by atoms with Crippen LogP contribution >= 0.6 is 23.2 Å². The maximum absolute atomic E-state index is 12.9. The van der Waals surface area contributed by atoms with E-state index >= 15 is 0 Å². The number of amides is 2. The molecule has 2 fully saturated rings. The van der Waals surface area contributed by atoms with Gasteiger partial charge in [0.15, 0.2) is 0 Å². The van der Waals surface area contributed by atoms with Crippen molar-refractivity contribution in [2.75, 3.05) is 11.4 Å². The summed E-state index contributed by atoms with van der Waals surface area (Å²) < 4.78 is 0. The Bertz CT molecular complexity index is 597. The van der Waals surface area contributed by atoms with Crippen LogP contribution in [0.1, 0.15) is 32.1 Å². The first-order valence-electron chi connectivity index (χ1n) is 7.10. The molecule has 4 nitrogen and oxygen atoms in total. The highest BCUT2D eigenvalue weighted by Gasteiger charge is 2.47. The molecule has 1 saturated carbocycles. The number of rotatable bonds is 1. The normalized spacial score (nSPS) is 21.5. The van der Waals surface area contributed by atoms with Gasteiger partial charge in [0.2, 0.25) is 5.91 Å². The van der Waals surface area contributed by atoms with Crippen molar-refractivity contribution < 1.29 is 9.59 Å². The highest BCUT2D eigenvalue weighted by atomic mass is 35.5. The molecule has 1 aromatic rings. The molecular weight excluding hydrogens is 311 g/mol. The molecule has 0 unspecified atom stereocenters. The van der Waals surface area contributed by atoms with Gasteiger partial charge in [0.25, 0.3) is 5.91 Å². The molecule has 1 spiro atoms. The number of piperazine rings is 1. The van der Waals surface area contributed by atoms with Crippen molar-refractivity contribution in [2.45, 2.75) is 37.6 Å². The van der Waals surface area contributed by atoms with Crippen LogP contribution < -0.4 is 10.2 Å². The summed E-state index contributed by atoms with van der Waals surface area (Å²) in [5.74, 6) is -0.224. The lowest BCUT2D eigenvalue weighted by Crippen LogP contribution is -2.67. The van der Waals surface area contributed by atoms with Gasteiger partial charge in [-0.3, -0.25) is 14.5 Å². The molecule has 112 valence electrons. The molecule has 1 aliphatic carbocycles. The highest BCUT2D eigenvalue weighted by Crippen LogP contribution is 2.36. The summed E-state index contributed by atoms with van der Waals surface area (Å²) in [5, 5.41) is 3.83. The van der Waals surface area contributed by atoms with E-state index in [1.165, 1.54) is 4.90 Å². The molecule has 3 rings (SSSR count). The Morgan fingerprint density at radius 1 is 1.10 bits per heavy atom. The van der Waals surface area contributed by atoms with Crippen LogP contribution in [0.15, 0.2) is 18.2 Å². The van der Waals surface area contributed by atoms with Gasteiger partial charge in [0, 0.05) is 5.02 Å². The van der Waals surface area contributed by atoms with Gasteiger partial charge in [0.05, 0.1) is 10.7 Å². The van der Waals surface area contributed by atoms with Crippen molar-refractivity contribution >= 4 is 40.7 Å². The number of carbonyl (C=O) groups excluding carboxylic acids is 2. The number of carbonyl (C=O) groups is 2. The Hall–Kier alpha value is -1.26. The van der Waals surface area contributed by atoms with E-state index in [2.05, 4.69) is 5.32 Å². The average molecular weight is 327 g/mol. The van der Waals surface area contributed by atoms with Crippen molar-refractivity contribution in [1.29, 1.82) is 0 Å². The van der Waals surface area contributed by atoms with E-state index in [4.69, 9.17) is 23.2 Å². The summed E-state index contributed by atoms with van der Waals surface area (Å²) >= 11 is 12.2. The van der Waals surface area contributed by atoms with Gasteiger partial charge in [-0.05, 0) is 31.0 Å². The minimum atomic E-state index is -0.765. The van der Waals surface area contributed by atoms with Crippen LogP contribution in [0.4, 0.5) is 5.69 Å². The SMILES string of the molecule is O=C1CN(c2cc(Cl)ccc2Cl)C(=O)C2(CCCCC2)N1. The number of benzene rings is 1. The molecule has 1 saturated heterocycles. The first-order valence-corrected chi connectivity index (χ1v) is 7.85. The largest absolute Gasteiger partial charge is 0.340 e. The van der Waals surface area contributed by atoms with Crippen LogP contribution in [0.2, 0.25) is 10.0 Å². The summed E-state index contributed by atoms with van der Waals surface area (Å²) in [5.41, 5.74) is -0.256. The summed E-state index contributed by atoms with van der Waals surface area (Å²) in [6, 6.07) is 4.95. The van der Waals surface area contributed by atoms with E-state index in [0.717, 1.165) is 19.3 Å². The predicted molar refractivity (Wildman–Crippen MR) is 82.8 cm³/mol. The number of hydrogen-bond acceptors (Lipinski definition) is 2. The molecule has 1 aromatic carbocycles. The van der Waals surface area contributed by atoms with Gasteiger partial charge in [-0.25, -0.2) is 0 Å². The number of nitrogens with one attached hydrogen (secondary N) is 1. The second kappa shape index (κ2) is 5.50. The van der Waals surface area contributed by atoms with E-state index in [1.807, 2.05) is 0 Å². The third-order valence-electron chi connectivity index (χ3n) is 4.24. The molecule has 0 atom stereocenters. The summed E-state index contributed by atoms with van der Waals surface area (Å²) in [7, 11) is 0. The third-order valence-corrected chi connectivity index (χ3v) is 4.80. The molecule has 1 heterocycles. The molecule has 1 N–H and O–H groups in total. The summed E-state index contributed by atoms with van der Waals surface area (Å²) in [6.07, 6.45) is 4.37. The average Bonchev–Trinajstić information content (AvgIpc) is 2.47. The fourth-order valence-corrected chi connectivity index (χ4v) is 3.60. The topological polar surface area (TPSA) is 49.4 Å². The lowest BCUT2D eigenvalue weighted by Gasteiger charge is -2.44. The Kier molecular flexibility index (Phi) is 3.84. The monoisotopic (exact) mass is 326 g/mol. The van der Waals surface area contributed by atoms with Gasteiger partial charge in [-0.2, -0.15) is 0 Å². The first kappa shape index (κ1) is 14.7. The highest BCUT2D eigenvalue weighted by molar-refractivity contribution is 6.36. The number of halogens is 2. The molecule has 6 heteroatoms. The second-order valence-corrected chi connectivity index (χ2v) is 6.52. The van der Waals surface area contributed by atoms with Gasteiger partial charge in [0.1, 0.15) is 12.1 Å². The van der Waals surface area contributed by atoms with Gasteiger partial charge < -0.3 is 5.32 Å². The maximum atomic E-state index is 12.9. The Balaban J connectivity index is 1.99. The smallest absolute Gasteiger partial charge is 0.253 e. The van der Waals surface area contributed by atoms with Crippen LogP contribution in [0.5, 0.6) is 0 Å². The molecule has 0 bridgehead atoms.